The Morgan fingerprint density at radius 1 is 0.938 bits per heavy atom. The van der Waals surface area contributed by atoms with Gasteiger partial charge in [0.05, 0.1) is 5.75 Å². The number of carbonyl (C=O) groups excluding carboxylic acids is 2. The number of anilines is 2. The predicted octanol–water partition coefficient (Wildman–Crippen LogP) is 3.58. The second-order valence-electron chi connectivity index (χ2n) is 7.28. The lowest BCUT2D eigenvalue weighted by molar-refractivity contribution is -0.118. The van der Waals surface area contributed by atoms with E-state index < -0.39 is 22.1 Å². The summed E-state index contributed by atoms with van der Waals surface area (Å²) in [7, 11) is -3.39. The van der Waals surface area contributed by atoms with Crippen LogP contribution in [0.3, 0.4) is 0 Å². The zero-order valence-corrected chi connectivity index (χ0v) is 19.0. The highest BCUT2D eigenvalue weighted by Crippen LogP contribution is 2.16. The molecule has 2 aromatic carbocycles. The first kappa shape index (κ1) is 25.1. The maximum absolute atomic E-state index is 13.0. The molecule has 10 heteroatoms. The van der Waals surface area contributed by atoms with Gasteiger partial charge in [0, 0.05) is 17.9 Å². The van der Waals surface area contributed by atoms with E-state index in [0.717, 1.165) is 5.56 Å². The Kier molecular flexibility index (Phi) is 9.45. The van der Waals surface area contributed by atoms with Gasteiger partial charge in [-0.1, -0.05) is 32.4 Å². The van der Waals surface area contributed by atoms with Gasteiger partial charge in [-0.2, -0.15) is 0 Å². The maximum Gasteiger partial charge on any atom is 0.315 e. The standard InChI is InChI=1S/C22H29FN4O4S/c1-3-5-20(26-22(29)24-15-16-6-8-17(23)9-7-16)21(28)25-18-10-12-19(13-11-18)27-32(30,31)14-4-2/h6-13,20,27H,3-5,14-15H2,1-2H3,(H,25,28)(H2,24,26,29). The summed E-state index contributed by atoms with van der Waals surface area (Å²) >= 11 is 0. The van der Waals surface area contributed by atoms with Crippen LogP contribution in [0.25, 0.3) is 0 Å². The van der Waals surface area contributed by atoms with Crippen molar-refractivity contribution in [3.05, 3.63) is 59.9 Å². The SMILES string of the molecule is CCCC(NC(=O)NCc1ccc(F)cc1)C(=O)Nc1ccc(NS(=O)(=O)CCC)cc1. The zero-order valence-electron chi connectivity index (χ0n) is 18.2. The van der Waals surface area contributed by atoms with E-state index in [1.807, 2.05) is 6.92 Å². The molecule has 2 rings (SSSR count). The average Bonchev–Trinajstić information content (AvgIpc) is 2.74. The number of sulfonamides is 1. The molecule has 0 aliphatic carbocycles. The normalized spacial score (nSPS) is 12.0. The van der Waals surface area contributed by atoms with E-state index in [0.29, 0.717) is 30.6 Å². The van der Waals surface area contributed by atoms with E-state index in [2.05, 4.69) is 20.7 Å². The van der Waals surface area contributed by atoms with Gasteiger partial charge in [-0.25, -0.2) is 17.6 Å². The molecule has 0 aromatic heterocycles. The summed E-state index contributed by atoms with van der Waals surface area (Å²) in [5.74, 6) is -0.716. The van der Waals surface area contributed by atoms with Crippen LogP contribution in [-0.4, -0.2) is 32.2 Å². The quantitative estimate of drug-likeness (QED) is 0.407. The number of rotatable bonds is 11. The molecule has 0 saturated heterocycles. The molecule has 0 fully saturated rings. The van der Waals surface area contributed by atoms with Crippen LogP contribution in [0.5, 0.6) is 0 Å². The zero-order chi connectivity index (χ0) is 23.6. The summed E-state index contributed by atoms with van der Waals surface area (Å²) in [4.78, 5) is 24.9. The molecular weight excluding hydrogens is 435 g/mol. The summed E-state index contributed by atoms with van der Waals surface area (Å²) in [6.45, 7) is 3.87. The highest BCUT2D eigenvalue weighted by molar-refractivity contribution is 7.92. The van der Waals surface area contributed by atoms with Gasteiger partial charge in [0.1, 0.15) is 11.9 Å². The Bertz CT molecular complexity index is 996. The minimum Gasteiger partial charge on any atom is -0.334 e. The van der Waals surface area contributed by atoms with Crippen molar-refractivity contribution in [2.75, 3.05) is 15.8 Å². The molecule has 32 heavy (non-hydrogen) atoms. The molecule has 4 N–H and O–H groups in total. The molecule has 2 aromatic rings. The van der Waals surface area contributed by atoms with Crippen LogP contribution in [0, 0.1) is 5.82 Å². The monoisotopic (exact) mass is 464 g/mol. The smallest absolute Gasteiger partial charge is 0.315 e. The number of hydrogen-bond donors (Lipinski definition) is 4. The minimum absolute atomic E-state index is 0.0269. The van der Waals surface area contributed by atoms with Crippen molar-refractivity contribution in [1.82, 2.24) is 10.6 Å². The van der Waals surface area contributed by atoms with Gasteiger partial charge in [-0.15, -0.1) is 0 Å². The van der Waals surface area contributed by atoms with E-state index in [4.69, 9.17) is 0 Å². The fourth-order valence-electron chi connectivity index (χ4n) is 2.90. The number of carbonyl (C=O) groups is 2. The van der Waals surface area contributed by atoms with E-state index in [1.165, 1.54) is 12.1 Å². The molecule has 1 unspecified atom stereocenters. The van der Waals surface area contributed by atoms with Crippen LogP contribution in [0.2, 0.25) is 0 Å². The molecule has 0 radical (unpaired) electrons. The van der Waals surface area contributed by atoms with Crippen molar-refractivity contribution in [1.29, 1.82) is 0 Å². The molecule has 0 heterocycles. The maximum atomic E-state index is 13.0. The number of nitrogens with one attached hydrogen (secondary N) is 4. The highest BCUT2D eigenvalue weighted by Gasteiger charge is 2.20. The van der Waals surface area contributed by atoms with Gasteiger partial charge >= 0.3 is 6.03 Å². The lowest BCUT2D eigenvalue weighted by atomic mass is 10.1. The van der Waals surface area contributed by atoms with E-state index in [1.54, 1.807) is 43.3 Å². The third-order valence-electron chi connectivity index (χ3n) is 4.46. The van der Waals surface area contributed by atoms with Gasteiger partial charge in [0.25, 0.3) is 0 Å². The first-order chi connectivity index (χ1) is 15.2. The number of urea groups is 1. The summed E-state index contributed by atoms with van der Waals surface area (Å²) in [6, 6.07) is 10.8. The van der Waals surface area contributed by atoms with E-state index >= 15 is 0 Å². The van der Waals surface area contributed by atoms with Crippen LogP contribution in [0.4, 0.5) is 20.6 Å². The summed E-state index contributed by atoms with van der Waals surface area (Å²) in [6.07, 6.45) is 1.62. The Hall–Kier alpha value is -3.14. The minimum atomic E-state index is -3.39. The molecule has 0 spiro atoms. The molecule has 0 bridgehead atoms. The Morgan fingerprint density at radius 2 is 1.56 bits per heavy atom. The van der Waals surface area contributed by atoms with Crippen LogP contribution >= 0.6 is 0 Å². The molecular formula is C22H29FN4O4S. The Labute approximate surface area is 188 Å². The summed E-state index contributed by atoms with van der Waals surface area (Å²) in [5.41, 5.74) is 1.61. The largest absolute Gasteiger partial charge is 0.334 e. The third-order valence-corrected chi connectivity index (χ3v) is 5.96. The fraction of sp³-hybridized carbons (Fsp3) is 0.364. The van der Waals surface area contributed by atoms with Gasteiger partial charge in [-0.05, 0) is 54.8 Å². The molecule has 1 atom stereocenters. The molecule has 3 amide bonds. The van der Waals surface area contributed by atoms with Gasteiger partial charge < -0.3 is 16.0 Å². The Morgan fingerprint density at radius 3 is 2.16 bits per heavy atom. The van der Waals surface area contributed by atoms with Crippen LogP contribution < -0.4 is 20.7 Å². The lowest BCUT2D eigenvalue weighted by Crippen LogP contribution is -2.47. The summed E-state index contributed by atoms with van der Waals surface area (Å²) in [5, 5.41) is 8.02. The summed E-state index contributed by atoms with van der Waals surface area (Å²) < 4.78 is 39.1. The molecule has 0 aliphatic rings. The number of hydrogen-bond acceptors (Lipinski definition) is 4. The Balaban J connectivity index is 1.91. The second-order valence-corrected chi connectivity index (χ2v) is 9.12. The molecule has 0 aliphatic heterocycles. The molecule has 0 saturated carbocycles. The predicted molar refractivity (Wildman–Crippen MR) is 123 cm³/mol. The number of amides is 3. The molecule has 8 nitrogen and oxygen atoms in total. The van der Waals surface area contributed by atoms with Gasteiger partial charge in [-0.3, -0.25) is 9.52 Å². The average molecular weight is 465 g/mol. The first-order valence-electron chi connectivity index (χ1n) is 10.4. The van der Waals surface area contributed by atoms with Crippen molar-refractivity contribution in [3.8, 4) is 0 Å². The van der Waals surface area contributed by atoms with E-state index in [9.17, 15) is 22.4 Å². The van der Waals surface area contributed by atoms with Crippen LogP contribution in [0.1, 0.15) is 38.7 Å². The lowest BCUT2D eigenvalue weighted by Gasteiger charge is -2.18. The van der Waals surface area contributed by atoms with Crippen LogP contribution in [-0.2, 0) is 21.4 Å². The molecule has 174 valence electrons. The fourth-order valence-corrected chi connectivity index (χ4v) is 4.04. The second kappa shape index (κ2) is 12.0. The first-order valence-corrected chi connectivity index (χ1v) is 12.1. The van der Waals surface area contributed by atoms with Gasteiger partial charge in [0.15, 0.2) is 0 Å². The van der Waals surface area contributed by atoms with E-state index in [-0.39, 0.29) is 24.0 Å². The number of benzene rings is 2. The van der Waals surface area contributed by atoms with Crippen molar-refractivity contribution >= 4 is 33.3 Å². The topological polar surface area (TPSA) is 116 Å². The highest BCUT2D eigenvalue weighted by atomic mass is 32.2. The van der Waals surface area contributed by atoms with Crippen molar-refractivity contribution < 1.29 is 22.4 Å². The van der Waals surface area contributed by atoms with Crippen molar-refractivity contribution in [3.63, 3.8) is 0 Å². The van der Waals surface area contributed by atoms with Crippen LogP contribution in [0.15, 0.2) is 48.5 Å². The van der Waals surface area contributed by atoms with Gasteiger partial charge in [0.2, 0.25) is 15.9 Å². The van der Waals surface area contributed by atoms with Crippen molar-refractivity contribution in [2.45, 2.75) is 45.7 Å². The van der Waals surface area contributed by atoms with Crippen molar-refractivity contribution in [2.24, 2.45) is 0 Å². The third kappa shape index (κ3) is 8.54. The number of halogens is 1.